The van der Waals surface area contributed by atoms with Crippen molar-refractivity contribution in [1.29, 1.82) is 0 Å². The number of amides is 1. The van der Waals surface area contributed by atoms with Crippen LogP contribution in [0.25, 0.3) is 0 Å². The zero-order chi connectivity index (χ0) is 21.1. The molecule has 0 aliphatic carbocycles. The zero-order valence-corrected chi connectivity index (χ0v) is 18.0. The Balaban J connectivity index is 1.33. The summed E-state index contributed by atoms with van der Waals surface area (Å²) in [6.07, 6.45) is 2.47. The number of aryl methyl sites for hydroxylation is 1. The second kappa shape index (κ2) is 9.14. The number of carbonyl (C=O) groups is 2. The summed E-state index contributed by atoms with van der Waals surface area (Å²) in [4.78, 5) is 29.6. The number of Topliss-reactive ketones (excluding diaryl/α,β-unsaturated/α-hetero) is 1. The van der Waals surface area contributed by atoms with E-state index in [1.807, 2.05) is 48.2 Å². The van der Waals surface area contributed by atoms with Gasteiger partial charge in [0.1, 0.15) is 0 Å². The molecule has 2 aliphatic heterocycles. The molecule has 1 atom stereocenters. The summed E-state index contributed by atoms with van der Waals surface area (Å²) in [6, 6.07) is 11.4. The van der Waals surface area contributed by atoms with Crippen LogP contribution in [0.1, 0.15) is 44.9 Å². The van der Waals surface area contributed by atoms with Gasteiger partial charge in [-0.15, -0.1) is 0 Å². The first-order chi connectivity index (χ1) is 14.5. The molecule has 2 aliphatic rings. The molecule has 4 rings (SSSR count). The quantitative estimate of drug-likeness (QED) is 0.689. The van der Waals surface area contributed by atoms with Crippen molar-refractivity contribution in [2.24, 2.45) is 0 Å². The number of rotatable bonds is 6. The maximum atomic E-state index is 13.0. The Morgan fingerprint density at radius 1 is 1.07 bits per heavy atom. The SMILES string of the molecule is Cc1cc(C(=O)CN2CCN(C(=O)c3ccccc3)CC2)c(C)n1C[C@@H]1CCCO1. The van der Waals surface area contributed by atoms with Gasteiger partial charge in [-0.05, 0) is 44.9 Å². The minimum Gasteiger partial charge on any atom is -0.376 e. The van der Waals surface area contributed by atoms with E-state index < -0.39 is 0 Å². The Labute approximate surface area is 178 Å². The number of benzene rings is 1. The fraction of sp³-hybridized carbons (Fsp3) is 0.500. The lowest BCUT2D eigenvalue weighted by Crippen LogP contribution is -2.49. The van der Waals surface area contributed by atoms with Gasteiger partial charge in [0.15, 0.2) is 5.78 Å². The maximum Gasteiger partial charge on any atom is 0.253 e. The molecule has 0 spiro atoms. The van der Waals surface area contributed by atoms with Crippen molar-refractivity contribution in [3.63, 3.8) is 0 Å². The Kier molecular flexibility index (Phi) is 6.35. The van der Waals surface area contributed by atoms with E-state index in [2.05, 4.69) is 16.4 Å². The molecule has 2 fully saturated rings. The second-order valence-corrected chi connectivity index (χ2v) is 8.39. The van der Waals surface area contributed by atoms with Gasteiger partial charge >= 0.3 is 0 Å². The number of nitrogens with zero attached hydrogens (tertiary/aromatic N) is 3. The third-order valence-corrected chi connectivity index (χ3v) is 6.33. The third-order valence-electron chi connectivity index (χ3n) is 6.33. The number of ether oxygens (including phenoxy) is 1. The highest BCUT2D eigenvalue weighted by molar-refractivity contribution is 5.99. The average molecular weight is 410 g/mol. The number of hydrogen-bond acceptors (Lipinski definition) is 4. The lowest BCUT2D eigenvalue weighted by molar-refractivity contribution is 0.0624. The summed E-state index contributed by atoms with van der Waals surface area (Å²) >= 11 is 0. The Morgan fingerprint density at radius 3 is 2.47 bits per heavy atom. The van der Waals surface area contributed by atoms with Crippen LogP contribution in [0, 0.1) is 13.8 Å². The standard InChI is InChI=1S/C24H31N3O3/c1-18-15-22(19(2)27(18)16-21-9-6-14-30-21)23(28)17-25-10-12-26(13-11-25)24(29)20-7-4-3-5-8-20/h3-5,7-8,15,21H,6,9-14,16-17H2,1-2H3/t21-/m0/s1. The highest BCUT2D eigenvalue weighted by Crippen LogP contribution is 2.21. The lowest BCUT2D eigenvalue weighted by atomic mass is 10.1. The van der Waals surface area contributed by atoms with E-state index in [9.17, 15) is 9.59 Å². The van der Waals surface area contributed by atoms with E-state index in [-0.39, 0.29) is 17.8 Å². The fourth-order valence-electron chi connectivity index (χ4n) is 4.52. The normalized spacial score (nSPS) is 19.9. The largest absolute Gasteiger partial charge is 0.376 e. The Morgan fingerprint density at radius 2 is 1.80 bits per heavy atom. The molecule has 3 heterocycles. The minimum absolute atomic E-state index is 0.0688. The first-order valence-corrected chi connectivity index (χ1v) is 10.9. The van der Waals surface area contributed by atoms with E-state index in [4.69, 9.17) is 4.74 Å². The van der Waals surface area contributed by atoms with Gasteiger partial charge in [0.05, 0.1) is 12.6 Å². The summed E-state index contributed by atoms with van der Waals surface area (Å²) in [5, 5.41) is 0. The maximum absolute atomic E-state index is 13.0. The van der Waals surface area contributed by atoms with Gasteiger partial charge in [0.2, 0.25) is 0 Å². The molecule has 0 saturated carbocycles. The van der Waals surface area contributed by atoms with Crippen LogP contribution >= 0.6 is 0 Å². The molecule has 0 unspecified atom stereocenters. The first-order valence-electron chi connectivity index (χ1n) is 10.9. The van der Waals surface area contributed by atoms with Crippen molar-refractivity contribution in [3.05, 3.63) is 58.9 Å². The monoisotopic (exact) mass is 409 g/mol. The molecule has 2 saturated heterocycles. The van der Waals surface area contributed by atoms with Crippen molar-refractivity contribution in [1.82, 2.24) is 14.4 Å². The molecule has 1 aromatic heterocycles. The number of ketones is 1. The second-order valence-electron chi connectivity index (χ2n) is 8.39. The van der Waals surface area contributed by atoms with Gasteiger partial charge < -0.3 is 14.2 Å². The predicted molar refractivity (Wildman–Crippen MR) is 116 cm³/mol. The summed E-state index contributed by atoms with van der Waals surface area (Å²) in [5.74, 6) is 0.226. The van der Waals surface area contributed by atoms with E-state index in [1.165, 1.54) is 0 Å². The highest BCUT2D eigenvalue weighted by Gasteiger charge is 2.25. The summed E-state index contributed by atoms with van der Waals surface area (Å²) in [6.45, 7) is 8.91. The topological polar surface area (TPSA) is 54.8 Å². The fourth-order valence-corrected chi connectivity index (χ4v) is 4.52. The summed E-state index contributed by atoms with van der Waals surface area (Å²) < 4.78 is 8.00. The Bertz CT molecular complexity index is 892. The zero-order valence-electron chi connectivity index (χ0n) is 18.0. The molecule has 160 valence electrons. The number of aromatic nitrogens is 1. The molecule has 1 amide bonds. The van der Waals surface area contributed by atoms with E-state index in [0.29, 0.717) is 19.6 Å². The van der Waals surface area contributed by atoms with Gasteiger partial charge in [0, 0.05) is 61.8 Å². The van der Waals surface area contributed by atoms with Crippen molar-refractivity contribution < 1.29 is 14.3 Å². The van der Waals surface area contributed by atoms with E-state index in [0.717, 1.165) is 61.6 Å². The molecule has 0 bridgehead atoms. The van der Waals surface area contributed by atoms with Crippen molar-refractivity contribution >= 4 is 11.7 Å². The number of carbonyl (C=O) groups excluding carboxylic acids is 2. The smallest absolute Gasteiger partial charge is 0.253 e. The van der Waals surface area contributed by atoms with Crippen LogP contribution in [-0.4, -0.2) is 71.5 Å². The first kappa shape index (κ1) is 20.8. The van der Waals surface area contributed by atoms with E-state index in [1.54, 1.807) is 0 Å². The molecule has 2 aromatic rings. The molecule has 1 aromatic carbocycles. The molecule has 6 heteroatoms. The highest BCUT2D eigenvalue weighted by atomic mass is 16.5. The number of hydrogen-bond donors (Lipinski definition) is 0. The van der Waals surface area contributed by atoms with Crippen molar-refractivity contribution in [2.75, 3.05) is 39.3 Å². The van der Waals surface area contributed by atoms with Crippen molar-refractivity contribution in [2.45, 2.75) is 39.3 Å². The van der Waals surface area contributed by atoms with Crippen LogP contribution in [0.3, 0.4) is 0 Å². The van der Waals surface area contributed by atoms with Gasteiger partial charge in [-0.3, -0.25) is 14.5 Å². The van der Waals surface area contributed by atoms with Gasteiger partial charge in [-0.2, -0.15) is 0 Å². The van der Waals surface area contributed by atoms with Crippen LogP contribution in [0.5, 0.6) is 0 Å². The Hall–Kier alpha value is -2.44. The number of piperazine rings is 1. The summed E-state index contributed by atoms with van der Waals surface area (Å²) in [7, 11) is 0. The van der Waals surface area contributed by atoms with E-state index >= 15 is 0 Å². The molecule has 0 N–H and O–H groups in total. The lowest BCUT2D eigenvalue weighted by Gasteiger charge is -2.34. The van der Waals surface area contributed by atoms with Crippen LogP contribution in [-0.2, 0) is 11.3 Å². The van der Waals surface area contributed by atoms with Gasteiger partial charge in [-0.1, -0.05) is 18.2 Å². The van der Waals surface area contributed by atoms with Crippen LogP contribution < -0.4 is 0 Å². The molecule has 30 heavy (non-hydrogen) atoms. The molecular weight excluding hydrogens is 378 g/mol. The van der Waals surface area contributed by atoms with Crippen LogP contribution in [0.2, 0.25) is 0 Å². The van der Waals surface area contributed by atoms with Crippen LogP contribution in [0.4, 0.5) is 0 Å². The predicted octanol–water partition coefficient (Wildman–Crippen LogP) is 2.92. The van der Waals surface area contributed by atoms with Crippen LogP contribution in [0.15, 0.2) is 36.4 Å². The molecular formula is C24H31N3O3. The average Bonchev–Trinajstić information content (AvgIpc) is 3.38. The molecule has 6 nitrogen and oxygen atoms in total. The van der Waals surface area contributed by atoms with Gasteiger partial charge in [0.25, 0.3) is 5.91 Å². The third kappa shape index (κ3) is 4.50. The summed E-state index contributed by atoms with van der Waals surface area (Å²) in [5.41, 5.74) is 3.68. The molecule has 0 radical (unpaired) electrons. The minimum atomic E-state index is 0.0688. The van der Waals surface area contributed by atoms with Crippen molar-refractivity contribution in [3.8, 4) is 0 Å². The van der Waals surface area contributed by atoms with Gasteiger partial charge in [-0.25, -0.2) is 0 Å².